The monoisotopic (exact) mass is 387 g/mol. The molecule has 1 N–H and O–H groups in total. The molecule has 0 aliphatic carbocycles. The molecule has 24 heavy (non-hydrogen) atoms. The van der Waals surface area contributed by atoms with Crippen LogP contribution in [0.15, 0.2) is 34.7 Å². The van der Waals surface area contributed by atoms with Crippen molar-refractivity contribution in [3.05, 3.63) is 34.8 Å². The quantitative estimate of drug-likeness (QED) is 0.825. The Hall–Kier alpha value is -1.35. The average molecular weight is 388 g/mol. The third-order valence-corrected chi connectivity index (χ3v) is 6.51. The third-order valence-electron chi connectivity index (χ3n) is 3.98. The van der Waals surface area contributed by atoms with Crippen LogP contribution in [-0.4, -0.2) is 39.6 Å². The van der Waals surface area contributed by atoms with Gasteiger partial charge in [0.1, 0.15) is 5.75 Å². The van der Waals surface area contributed by atoms with Crippen LogP contribution in [0.3, 0.4) is 0 Å². The Morgan fingerprint density at radius 1 is 1.50 bits per heavy atom. The van der Waals surface area contributed by atoms with Gasteiger partial charge in [0.2, 0.25) is 10.0 Å². The van der Waals surface area contributed by atoms with Gasteiger partial charge in [-0.3, -0.25) is 0 Å². The topological polar surface area (TPSA) is 71.5 Å². The molecule has 3 rings (SSSR count). The number of hydrogen-bond donors (Lipinski definition) is 1. The Labute approximate surface area is 150 Å². The van der Waals surface area contributed by atoms with E-state index in [9.17, 15) is 8.42 Å². The number of methoxy groups -OCH3 is 1. The van der Waals surface area contributed by atoms with Crippen LogP contribution in [0.1, 0.15) is 12.8 Å². The minimum Gasteiger partial charge on any atom is -0.495 e. The molecular formula is C15H18ClN3O3S2. The summed E-state index contributed by atoms with van der Waals surface area (Å²) in [5.41, 5.74) is 0. The fourth-order valence-corrected chi connectivity index (χ4v) is 4.92. The van der Waals surface area contributed by atoms with Crippen molar-refractivity contribution in [3.8, 4) is 5.75 Å². The summed E-state index contributed by atoms with van der Waals surface area (Å²) in [6.07, 6.45) is 3.73. The number of benzene rings is 1. The van der Waals surface area contributed by atoms with Crippen LogP contribution in [0, 0.1) is 0 Å². The Kier molecular flexibility index (Phi) is 5.29. The van der Waals surface area contributed by atoms with E-state index in [0.717, 1.165) is 24.5 Å². The molecule has 6 nitrogen and oxygen atoms in total. The van der Waals surface area contributed by atoms with Crippen LogP contribution in [0.2, 0.25) is 5.02 Å². The van der Waals surface area contributed by atoms with Crippen LogP contribution < -0.4 is 14.4 Å². The van der Waals surface area contributed by atoms with E-state index in [0.29, 0.717) is 12.3 Å². The molecule has 0 saturated carbocycles. The molecule has 1 atom stereocenters. The maximum atomic E-state index is 12.5. The fourth-order valence-electron chi connectivity index (χ4n) is 2.76. The molecule has 1 aliphatic rings. The molecule has 1 aromatic carbocycles. The highest BCUT2D eigenvalue weighted by molar-refractivity contribution is 7.89. The Balaban J connectivity index is 1.70. The van der Waals surface area contributed by atoms with Crippen molar-refractivity contribution in [3.63, 3.8) is 0 Å². The van der Waals surface area contributed by atoms with E-state index in [4.69, 9.17) is 16.3 Å². The number of rotatable bonds is 6. The Morgan fingerprint density at radius 3 is 3.00 bits per heavy atom. The molecule has 0 spiro atoms. The molecule has 1 unspecified atom stereocenters. The van der Waals surface area contributed by atoms with Crippen LogP contribution in [0.25, 0.3) is 0 Å². The Morgan fingerprint density at radius 2 is 2.33 bits per heavy atom. The van der Waals surface area contributed by atoms with Gasteiger partial charge in [-0.25, -0.2) is 18.1 Å². The highest BCUT2D eigenvalue weighted by Crippen LogP contribution is 2.28. The number of anilines is 1. The summed E-state index contributed by atoms with van der Waals surface area (Å²) in [5.74, 6) is 0.446. The van der Waals surface area contributed by atoms with E-state index >= 15 is 0 Å². The molecule has 2 heterocycles. The maximum absolute atomic E-state index is 12.5. The van der Waals surface area contributed by atoms with E-state index in [1.54, 1.807) is 23.6 Å². The zero-order chi connectivity index (χ0) is 17.2. The lowest BCUT2D eigenvalue weighted by atomic mass is 10.2. The predicted molar refractivity (Wildman–Crippen MR) is 95.7 cm³/mol. The van der Waals surface area contributed by atoms with Crippen molar-refractivity contribution in [1.82, 2.24) is 9.71 Å². The second-order valence-corrected chi connectivity index (χ2v) is 8.50. The summed E-state index contributed by atoms with van der Waals surface area (Å²) < 4.78 is 32.7. The van der Waals surface area contributed by atoms with Crippen molar-refractivity contribution >= 4 is 38.1 Å². The average Bonchev–Trinajstić information content (AvgIpc) is 3.23. The van der Waals surface area contributed by atoms with Gasteiger partial charge in [0, 0.05) is 30.7 Å². The molecule has 1 saturated heterocycles. The lowest BCUT2D eigenvalue weighted by molar-refractivity contribution is 0.414. The zero-order valence-electron chi connectivity index (χ0n) is 13.1. The lowest BCUT2D eigenvalue weighted by Gasteiger charge is -2.24. The van der Waals surface area contributed by atoms with Gasteiger partial charge in [0.05, 0.1) is 17.0 Å². The number of aromatic nitrogens is 1. The normalized spacial score (nSPS) is 18.1. The van der Waals surface area contributed by atoms with Crippen molar-refractivity contribution in [2.45, 2.75) is 23.8 Å². The first kappa shape index (κ1) is 17.5. The molecule has 1 aromatic heterocycles. The standard InChI is InChI=1S/C15H18ClN3O3S2/c1-22-14-5-4-12(9-13(14)16)24(20,21)18-10-11-3-2-7-19(11)15-17-6-8-23-15/h4-6,8-9,11,18H,2-3,7,10H2,1H3. The molecule has 130 valence electrons. The van der Waals surface area contributed by atoms with Crippen LogP contribution in [0.4, 0.5) is 5.13 Å². The highest BCUT2D eigenvalue weighted by Gasteiger charge is 2.28. The summed E-state index contributed by atoms with van der Waals surface area (Å²) in [6, 6.07) is 4.55. The molecule has 0 amide bonds. The zero-order valence-corrected chi connectivity index (χ0v) is 15.5. The van der Waals surface area contributed by atoms with Crippen molar-refractivity contribution in [2.75, 3.05) is 25.1 Å². The van der Waals surface area contributed by atoms with E-state index < -0.39 is 10.0 Å². The number of halogens is 1. The van der Waals surface area contributed by atoms with Gasteiger partial charge in [-0.2, -0.15) is 0 Å². The van der Waals surface area contributed by atoms with Gasteiger partial charge in [0.25, 0.3) is 0 Å². The molecule has 0 radical (unpaired) electrons. The van der Waals surface area contributed by atoms with E-state index in [-0.39, 0.29) is 16.0 Å². The van der Waals surface area contributed by atoms with Gasteiger partial charge < -0.3 is 9.64 Å². The van der Waals surface area contributed by atoms with Crippen LogP contribution >= 0.6 is 22.9 Å². The third kappa shape index (κ3) is 3.66. The van der Waals surface area contributed by atoms with Crippen molar-refractivity contribution in [1.29, 1.82) is 0 Å². The predicted octanol–water partition coefficient (Wildman–Crippen LogP) is 2.75. The van der Waals surface area contributed by atoms with Gasteiger partial charge >= 0.3 is 0 Å². The van der Waals surface area contributed by atoms with E-state index in [1.165, 1.54) is 19.2 Å². The van der Waals surface area contributed by atoms with Crippen molar-refractivity contribution in [2.24, 2.45) is 0 Å². The second-order valence-electron chi connectivity index (χ2n) is 5.45. The largest absolute Gasteiger partial charge is 0.495 e. The fraction of sp³-hybridized carbons (Fsp3) is 0.400. The van der Waals surface area contributed by atoms with E-state index in [1.807, 2.05) is 5.38 Å². The SMILES string of the molecule is COc1ccc(S(=O)(=O)NCC2CCCN2c2nccs2)cc1Cl. The summed E-state index contributed by atoms with van der Waals surface area (Å²) in [5, 5.41) is 3.13. The molecule has 2 aromatic rings. The molecule has 0 bridgehead atoms. The number of ether oxygens (including phenoxy) is 1. The van der Waals surface area contributed by atoms with Crippen LogP contribution in [-0.2, 0) is 10.0 Å². The first-order valence-corrected chi connectivity index (χ1v) is 10.2. The summed E-state index contributed by atoms with van der Waals surface area (Å²) in [6.45, 7) is 1.24. The molecule has 1 aliphatic heterocycles. The summed E-state index contributed by atoms with van der Waals surface area (Å²) >= 11 is 7.59. The molecule has 1 fully saturated rings. The highest BCUT2D eigenvalue weighted by atomic mass is 35.5. The lowest BCUT2D eigenvalue weighted by Crippen LogP contribution is -2.40. The number of sulfonamides is 1. The molecule has 9 heteroatoms. The van der Waals surface area contributed by atoms with E-state index in [2.05, 4.69) is 14.6 Å². The molecular weight excluding hydrogens is 370 g/mol. The number of hydrogen-bond acceptors (Lipinski definition) is 6. The van der Waals surface area contributed by atoms with Crippen molar-refractivity contribution < 1.29 is 13.2 Å². The summed E-state index contributed by atoms with van der Waals surface area (Å²) in [7, 11) is -2.13. The second kappa shape index (κ2) is 7.26. The van der Waals surface area contributed by atoms with Gasteiger partial charge in [-0.05, 0) is 31.0 Å². The first-order valence-electron chi connectivity index (χ1n) is 7.50. The first-order chi connectivity index (χ1) is 11.5. The van der Waals surface area contributed by atoms with Crippen LogP contribution in [0.5, 0.6) is 5.75 Å². The number of nitrogens with one attached hydrogen (secondary N) is 1. The number of nitrogens with zero attached hydrogens (tertiary/aromatic N) is 2. The maximum Gasteiger partial charge on any atom is 0.240 e. The van der Waals surface area contributed by atoms with Gasteiger partial charge in [-0.1, -0.05) is 11.6 Å². The number of thiazole rings is 1. The van der Waals surface area contributed by atoms with Gasteiger partial charge in [0.15, 0.2) is 5.13 Å². The minimum atomic E-state index is -3.62. The smallest absolute Gasteiger partial charge is 0.240 e. The Bertz CT molecular complexity index is 796. The summed E-state index contributed by atoms with van der Waals surface area (Å²) in [4.78, 5) is 6.61. The minimum absolute atomic E-state index is 0.111. The van der Waals surface area contributed by atoms with Gasteiger partial charge in [-0.15, -0.1) is 11.3 Å².